The number of nitrogens with zero attached hydrogens (tertiary/aromatic N) is 4. The molecule has 2 aliphatic rings. The van der Waals surface area contributed by atoms with Crippen LogP contribution in [0.15, 0.2) is 59.4 Å². The number of anilines is 1. The molecular formula is C25H27N5O4. The van der Waals surface area contributed by atoms with Crippen LogP contribution in [0.1, 0.15) is 31.0 Å². The molecule has 2 fully saturated rings. The van der Waals surface area contributed by atoms with E-state index in [9.17, 15) is 14.4 Å². The highest BCUT2D eigenvalue weighted by Gasteiger charge is 2.35. The first-order valence-corrected chi connectivity index (χ1v) is 11.5. The zero-order valence-corrected chi connectivity index (χ0v) is 19.0. The highest BCUT2D eigenvalue weighted by molar-refractivity contribution is 6.00. The van der Waals surface area contributed by atoms with Crippen LogP contribution in [0.25, 0.3) is 5.69 Å². The molecule has 0 spiro atoms. The molecule has 1 aliphatic carbocycles. The molecule has 1 saturated carbocycles. The molecule has 1 aliphatic heterocycles. The monoisotopic (exact) mass is 461 g/mol. The van der Waals surface area contributed by atoms with Gasteiger partial charge in [-0.1, -0.05) is 18.2 Å². The number of nitrogens with one attached hydrogen (secondary N) is 1. The summed E-state index contributed by atoms with van der Waals surface area (Å²) in [5.74, 6) is 1.07. The van der Waals surface area contributed by atoms with E-state index in [4.69, 9.17) is 4.74 Å². The maximum Gasteiger partial charge on any atom is 0.350 e. The second-order valence-corrected chi connectivity index (χ2v) is 8.70. The predicted molar refractivity (Wildman–Crippen MR) is 126 cm³/mol. The molecule has 1 saturated heterocycles. The zero-order chi connectivity index (χ0) is 23.7. The Bertz CT molecular complexity index is 1240. The number of ether oxygens (including phenoxy) is 1. The number of methoxy groups -OCH3 is 1. The lowest BCUT2D eigenvalue weighted by atomic mass is 10.1. The number of hydrogen-bond donors (Lipinski definition) is 1. The predicted octanol–water partition coefficient (Wildman–Crippen LogP) is 2.09. The van der Waals surface area contributed by atoms with E-state index in [1.807, 2.05) is 42.5 Å². The van der Waals surface area contributed by atoms with Crippen LogP contribution in [0.2, 0.25) is 0 Å². The van der Waals surface area contributed by atoms with Crippen molar-refractivity contribution in [3.8, 4) is 11.4 Å². The molecule has 9 nitrogen and oxygen atoms in total. The van der Waals surface area contributed by atoms with Gasteiger partial charge in [0, 0.05) is 31.1 Å². The van der Waals surface area contributed by atoms with Gasteiger partial charge in [0.05, 0.1) is 25.3 Å². The van der Waals surface area contributed by atoms with E-state index in [0.29, 0.717) is 18.2 Å². The zero-order valence-electron chi connectivity index (χ0n) is 19.0. The Labute approximate surface area is 196 Å². The summed E-state index contributed by atoms with van der Waals surface area (Å²) >= 11 is 0. The summed E-state index contributed by atoms with van der Waals surface area (Å²) in [6.07, 6.45) is 2.22. The molecule has 34 heavy (non-hydrogen) atoms. The lowest BCUT2D eigenvalue weighted by Crippen LogP contribution is -2.36. The topological polar surface area (TPSA) is 98.5 Å². The van der Waals surface area contributed by atoms with Crippen LogP contribution in [-0.4, -0.2) is 46.4 Å². The second kappa shape index (κ2) is 9.17. The van der Waals surface area contributed by atoms with Crippen molar-refractivity contribution >= 4 is 17.5 Å². The Balaban J connectivity index is 1.21. The van der Waals surface area contributed by atoms with Crippen LogP contribution in [0, 0.1) is 5.92 Å². The van der Waals surface area contributed by atoms with E-state index in [1.165, 1.54) is 4.68 Å². The Morgan fingerprint density at radius 1 is 1.06 bits per heavy atom. The van der Waals surface area contributed by atoms with Gasteiger partial charge in [-0.2, -0.15) is 5.10 Å². The quantitative estimate of drug-likeness (QED) is 0.554. The maximum absolute atomic E-state index is 13.0. The van der Waals surface area contributed by atoms with E-state index in [2.05, 4.69) is 10.4 Å². The summed E-state index contributed by atoms with van der Waals surface area (Å²) in [6, 6.07) is 16.7. The first-order valence-electron chi connectivity index (χ1n) is 11.5. The molecule has 0 radical (unpaired) electrons. The summed E-state index contributed by atoms with van der Waals surface area (Å²) in [5, 5.41) is 7.44. The lowest BCUT2D eigenvalue weighted by molar-refractivity contribution is -0.126. The van der Waals surface area contributed by atoms with Crippen LogP contribution >= 0.6 is 0 Å². The third-order valence-corrected chi connectivity index (χ3v) is 6.32. The minimum Gasteiger partial charge on any atom is -0.497 e. The van der Waals surface area contributed by atoms with Crippen molar-refractivity contribution in [2.24, 2.45) is 5.92 Å². The van der Waals surface area contributed by atoms with E-state index in [0.717, 1.165) is 30.0 Å². The standard InChI is InChI=1S/C25H27N5O4/c1-34-21-11-9-19(10-12-21)28-16-18(15-22(28)31)24(32)26-13-14-29-25(33)30(20-5-3-2-4-6-20)23(27-29)17-7-8-17/h2-6,9-12,17-18H,7-8,13-16H2,1H3,(H,26,32). The largest absolute Gasteiger partial charge is 0.497 e. The lowest BCUT2D eigenvalue weighted by Gasteiger charge is -2.17. The Kier molecular flexibility index (Phi) is 5.91. The van der Waals surface area contributed by atoms with E-state index < -0.39 is 5.92 Å². The normalized spacial score (nSPS) is 17.7. The minimum absolute atomic E-state index is 0.0859. The average molecular weight is 462 g/mol. The summed E-state index contributed by atoms with van der Waals surface area (Å²) < 4.78 is 8.25. The fourth-order valence-corrected chi connectivity index (χ4v) is 4.32. The maximum atomic E-state index is 13.0. The number of para-hydroxylation sites is 1. The van der Waals surface area contributed by atoms with Gasteiger partial charge >= 0.3 is 5.69 Å². The first kappa shape index (κ1) is 21.9. The van der Waals surface area contributed by atoms with Crippen molar-refractivity contribution in [2.75, 3.05) is 25.1 Å². The van der Waals surface area contributed by atoms with Crippen molar-refractivity contribution < 1.29 is 14.3 Å². The number of amides is 2. The molecule has 176 valence electrons. The Hall–Kier alpha value is -3.88. The van der Waals surface area contributed by atoms with Gasteiger partial charge in [-0.15, -0.1) is 0 Å². The van der Waals surface area contributed by atoms with Gasteiger partial charge < -0.3 is 15.0 Å². The fraction of sp³-hybridized carbons (Fsp3) is 0.360. The number of aromatic nitrogens is 3. The number of rotatable bonds is 8. The molecule has 1 aromatic heterocycles. The molecule has 9 heteroatoms. The van der Waals surface area contributed by atoms with E-state index in [1.54, 1.807) is 28.7 Å². The summed E-state index contributed by atoms with van der Waals surface area (Å²) in [5.41, 5.74) is 1.34. The second-order valence-electron chi connectivity index (χ2n) is 8.70. The van der Waals surface area contributed by atoms with Crippen molar-refractivity contribution in [3.05, 3.63) is 70.9 Å². The molecule has 1 atom stereocenters. The third kappa shape index (κ3) is 4.33. The van der Waals surface area contributed by atoms with Crippen molar-refractivity contribution in [1.29, 1.82) is 0 Å². The van der Waals surface area contributed by atoms with Crippen LogP contribution in [-0.2, 0) is 16.1 Å². The first-order chi connectivity index (χ1) is 16.5. The number of carbonyl (C=O) groups excluding carboxylic acids is 2. The van der Waals surface area contributed by atoms with Gasteiger partial charge in [-0.05, 0) is 49.2 Å². The molecule has 2 amide bonds. The molecule has 5 rings (SSSR count). The third-order valence-electron chi connectivity index (χ3n) is 6.32. The van der Waals surface area contributed by atoms with Crippen molar-refractivity contribution in [3.63, 3.8) is 0 Å². The summed E-state index contributed by atoms with van der Waals surface area (Å²) in [7, 11) is 1.59. The highest BCUT2D eigenvalue weighted by Crippen LogP contribution is 2.39. The van der Waals surface area contributed by atoms with Gasteiger partial charge in [0.25, 0.3) is 0 Å². The van der Waals surface area contributed by atoms with Gasteiger partial charge in [-0.25, -0.2) is 14.0 Å². The fourth-order valence-electron chi connectivity index (χ4n) is 4.32. The molecule has 1 N–H and O–H groups in total. The van der Waals surface area contributed by atoms with Crippen LogP contribution in [0.4, 0.5) is 5.69 Å². The number of benzene rings is 2. The molecular weight excluding hydrogens is 434 g/mol. The molecule has 0 bridgehead atoms. The SMILES string of the molecule is COc1ccc(N2CC(C(=O)NCCn3nc(C4CC4)n(-c4ccccc4)c3=O)CC2=O)cc1. The van der Waals surface area contributed by atoms with Gasteiger partial charge in [-0.3, -0.25) is 9.59 Å². The number of hydrogen-bond acceptors (Lipinski definition) is 5. The van der Waals surface area contributed by atoms with Gasteiger partial charge in [0.1, 0.15) is 11.6 Å². The van der Waals surface area contributed by atoms with Crippen LogP contribution in [0.3, 0.4) is 0 Å². The highest BCUT2D eigenvalue weighted by atomic mass is 16.5. The minimum atomic E-state index is -0.435. The average Bonchev–Trinajstić information content (AvgIpc) is 3.56. The summed E-state index contributed by atoms with van der Waals surface area (Å²) in [6.45, 7) is 0.861. The molecule has 3 aromatic rings. The van der Waals surface area contributed by atoms with E-state index in [-0.39, 0.29) is 37.0 Å². The Morgan fingerprint density at radius 3 is 2.47 bits per heavy atom. The van der Waals surface area contributed by atoms with Gasteiger partial charge in [0.2, 0.25) is 11.8 Å². The van der Waals surface area contributed by atoms with Crippen LogP contribution < -0.4 is 20.6 Å². The molecule has 2 aromatic carbocycles. The summed E-state index contributed by atoms with van der Waals surface area (Å²) in [4.78, 5) is 39.9. The van der Waals surface area contributed by atoms with Gasteiger partial charge in [0.15, 0.2) is 0 Å². The van der Waals surface area contributed by atoms with E-state index >= 15 is 0 Å². The van der Waals surface area contributed by atoms with Crippen molar-refractivity contribution in [2.45, 2.75) is 31.7 Å². The Morgan fingerprint density at radius 2 is 1.79 bits per heavy atom. The van der Waals surface area contributed by atoms with Crippen LogP contribution in [0.5, 0.6) is 5.75 Å². The number of carbonyl (C=O) groups is 2. The molecule has 1 unspecified atom stereocenters. The molecule has 2 heterocycles. The smallest absolute Gasteiger partial charge is 0.350 e. The van der Waals surface area contributed by atoms with Crippen molar-refractivity contribution in [1.82, 2.24) is 19.7 Å².